The highest BCUT2D eigenvalue weighted by molar-refractivity contribution is 7.92. The maximum atomic E-state index is 13.4. The fraction of sp³-hybridized carbons (Fsp3) is 0.417. The zero-order valence-electron chi connectivity index (χ0n) is 9.23. The Morgan fingerprint density at radius 3 is 2.59 bits per heavy atom. The van der Waals surface area contributed by atoms with Gasteiger partial charge in [-0.05, 0) is 25.0 Å². The average Bonchev–Trinajstić information content (AvgIpc) is 2.28. The second kappa shape index (κ2) is 4.56. The fourth-order valence-electron chi connectivity index (χ4n) is 2.08. The Bertz CT molecular complexity index is 536. The highest BCUT2D eigenvalue weighted by atomic mass is 32.2. The second-order valence-corrected chi connectivity index (χ2v) is 6.50. The molecule has 3 nitrogen and oxygen atoms in total. The molecule has 1 aromatic carbocycles. The van der Waals surface area contributed by atoms with Crippen LogP contribution in [0.4, 0.5) is 4.39 Å². The van der Waals surface area contributed by atoms with Gasteiger partial charge in [0.25, 0.3) is 0 Å². The van der Waals surface area contributed by atoms with Crippen molar-refractivity contribution in [3.8, 4) is 0 Å². The third kappa shape index (κ3) is 2.39. The van der Waals surface area contributed by atoms with E-state index in [4.69, 9.17) is 0 Å². The topological polar surface area (TPSA) is 51.2 Å². The zero-order chi connectivity index (χ0) is 12.5. The Hall–Kier alpha value is -1.23. The lowest BCUT2D eigenvalue weighted by Gasteiger charge is -2.21. The van der Waals surface area contributed by atoms with Gasteiger partial charge < -0.3 is 0 Å². The normalized spacial score (nSPS) is 23.2. The number of hydrogen-bond acceptors (Lipinski definition) is 3. The molecule has 92 valence electrons. The SMILES string of the molecule is O=C(c1ccccc1F)C1CCCCS1(=O)=O. The van der Waals surface area contributed by atoms with E-state index in [0.717, 1.165) is 0 Å². The second-order valence-electron chi connectivity index (χ2n) is 4.20. The van der Waals surface area contributed by atoms with E-state index in [1.165, 1.54) is 24.3 Å². The van der Waals surface area contributed by atoms with Gasteiger partial charge in [0.05, 0.1) is 11.3 Å². The molecule has 1 aliphatic rings. The van der Waals surface area contributed by atoms with Gasteiger partial charge >= 0.3 is 0 Å². The van der Waals surface area contributed by atoms with E-state index in [2.05, 4.69) is 0 Å². The van der Waals surface area contributed by atoms with Crippen LogP contribution in [0, 0.1) is 5.82 Å². The minimum Gasteiger partial charge on any atom is -0.293 e. The van der Waals surface area contributed by atoms with Crippen molar-refractivity contribution in [2.75, 3.05) is 5.75 Å². The molecule has 1 unspecified atom stereocenters. The van der Waals surface area contributed by atoms with Crippen LogP contribution in [0.2, 0.25) is 0 Å². The summed E-state index contributed by atoms with van der Waals surface area (Å²) in [5.74, 6) is -1.24. The number of ketones is 1. The van der Waals surface area contributed by atoms with Crippen molar-refractivity contribution in [1.82, 2.24) is 0 Å². The predicted molar refractivity (Wildman–Crippen MR) is 62.2 cm³/mol. The summed E-state index contributed by atoms with van der Waals surface area (Å²) in [4.78, 5) is 12.0. The van der Waals surface area contributed by atoms with E-state index < -0.39 is 26.7 Å². The van der Waals surface area contributed by atoms with Gasteiger partial charge in [-0.25, -0.2) is 12.8 Å². The average molecular weight is 256 g/mol. The minimum absolute atomic E-state index is 0.0257. The molecule has 1 saturated heterocycles. The van der Waals surface area contributed by atoms with Crippen LogP contribution >= 0.6 is 0 Å². The zero-order valence-corrected chi connectivity index (χ0v) is 10.0. The summed E-state index contributed by atoms with van der Waals surface area (Å²) in [5, 5.41) is -1.06. The van der Waals surface area contributed by atoms with Crippen LogP contribution in [0.1, 0.15) is 29.6 Å². The molecule has 1 fully saturated rings. The van der Waals surface area contributed by atoms with E-state index in [1.54, 1.807) is 0 Å². The van der Waals surface area contributed by atoms with Gasteiger partial charge in [0.1, 0.15) is 11.1 Å². The number of carbonyl (C=O) groups excluding carboxylic acids is 1. The van der Waals surface area contributed by atoms with E-state index in [0.29, 0.717) is 19.3 Å². The van der Waals surface area contributed by atoms with Crippen molar-refractivity contribution < 1.29 is 17.6 Å². The summed E-state index contributed by atoms with van der Waals surface area (Å²) in [6.45, 7) is 0. The molecule has 1 atom stereocenters. The molecule has 0 spiro atoms. The van der Waals surface area contributed by atoms with Crippen molar-refractivity contribution in [1.29, 1.82) is 0 Å². The molecule has 17 heavy (non-hydrogen) atoms. The first-order chi connectivity index (χ1) is 8.02. The Kier molecular flexibility index (Phi) is 3.28. The molecule has 0 aliphatic carbocycles. The smallest absolute Gasteiger partial charge is 0.183 e. The first kappa shape index (κ1) is 12.2. The van der Waals surface area contributed by atoms with E-state index >= 15 is 0 Å². The van der Waals surface area contributed by atoms with Gasteiger partial charge in [-0.15, -0.1) is 0 Å². The number of sulfone groups is 1. The first-order valence-corrected chi connectivity index (χ1v) is 7.24. The van der Waals surface area contributed by atoms with Gasteiger partial charge in [0.15, 0.2) is 15.6 Å². The molecule has 1 heterocycles. The van der Waals surface area contributed by atoms with Gasteiger partial charge in [0.2, 0.25) is 0 Å². The molecule has 0 saturated carbocycles. The summed E-state index contributed by atoms with van der Waals surface area (Å²) < 4.78 is 37.0. The van der Waals surface area contributed by atoms with Crippen LogP contribution in [0.5, 0.6) is 0 Å². The van der Waals surface area contributed by atoms with Crippen molar-refractivity contribution in [3.05, 3.63) is 35.6 Å². The molecule has 0 radical (unpaired) electrons. The molecule has 1 aromatic rings. The maximum absolute atomic E-state index is 13.4. The molecular weight excluding hydrogens is 243 g/mol. The standard InChI is InChI=1S/C12H13FO3S/c13-10-6-2-1-5-9(10)12(14)11-7-3-4-8-17(11,15)16/h1-2,5-6,11H,3-4,7-8H2. The fourth-order valence-corrected chi connectivity index (χ4v) is 3.95. The van der Waals surface area contributed by atoms with Crippen LogP contribution in [-0.4, -0.2) is 25.2 Å². The van der Waals surface area contributed by atoms with Crippen LogP contribution in [0.15, 0.2) is 24.3 Å². The number of benzene rings is 1. The predicted octanol–water partition coefficient (Wildman–Crippen LogP) is 1.98. The van der Waals surface area contributed by atoms with Gasteiger partial charge in [0, 0.05) is 0 Å². The summed E-state index contributed by atoms with van der Waals surface area (Å²) in [6.07, 6.45) is 1.59. The lowest BCUT2D eigenvalue weighted by atomic mass is 10.0. The highest BCUT2D eigenvalue weighted by Gasteiger charge is 2.36. The highest BCUT2D eigenvalue weighted by Crippen LogP contribution is 2.23. The van der Waals surface area contributed by atoms with E-state index in [9.17, 15) is 17.6 Å². The molecule has 2 rings (SSSR count). The molecular formula is C12H13FO3S. The Labute approximate surface area is 99.6 Å². The van der Waals surface area contributed by atoms with Gasteiger partial charge in [-0.1, -0.05) is 18.6 Å². The monoisotopic (exact) mass is 256 g/mol. The van der Waals surface area contributed by atoms with Crippen molar-refractivity contribution in [2.45, 2.75) is 24.5 Å². The number of rotatable bonds is 2. The largest absolute Gasteiger partial charge is 0.293 e. The first-order valence-electron chi connectivity index (χ1n) is 5.53. The number of Topliss-reactive ketones (excluding diaryl/α,β-unsaturated/α-hetero) is 1. The van der Waals surface area contributed by atoms with E-state index in [-0.39, 0.29) is 11.3 Å². The molecule has 0 amide bonds. The quantitative estimate of drug-likeness (QED) is 0.760. The van der Waals surface area contributed by atoms with Gasteiger partial charge in [-0.2, -0.15) is 0 Å². The maximum Gasteiger partial charge on any atom is 0.183 e. The van der Waals surface area contributed by atoms with Crippen molar-refractivity contribution in [2.24, 2.45) is 0 Å². The van der Waals surface area contributed by atoms with E-state index in [1.807, 2.05) is 0 Å². The molecule has 0 bridgehead atoms. The lowest BCUT2D eigenvalue weighted by Crippen LogP contribution is -2.35. The summed E-state index contributed by atoms with van der Waals surface area (Å²) >= 11 is 0. The number of carbonyl (C=O) groups is 1. The number of halogens is 1. The van der Waals surface area contributed by atoms with Crippen LogP contribution < -0.4 is 0 Å². The lowest BCUT2D eigenvalue weighted by molar-refractivity contribution is 0.0977. The van der Waals surface area contributed by atoms with Crippen LogP contribution in [0.3, 0.4) is 0 Å². The Balaban J connectivity index is 2.35. The van der Waals surface area contributed by atoms with Gasteiger partial charge in [-0.3, -0.25) is 4.79 Å². The van der Waals surface area contributed by atoms with Crippen molar-refractivity contribution >= 4 is 15.6 Å². The van der Waals surface area contributed by atoms with Crippen LogP contribution in [-0.2, 0) is 9.84 Å². The molecule has 0 aromatic heterocycles. The summed E-state index contributed by atoms with van der Waals surface area (Å²) in [5.41, 5.74) is -0.122. The molecule has 0 N–H and O–H groups in total. The Morgan fingerprint density at radius 1 is 1.24 bits per heavy atom. The number of hydrogen-bond donors (Lipinski definition) is 0. The summed E-state index contributed by atoms with van der Waals surface area (Å²) in [7, 11) is -3.40. The molecule has 1 aliphatic heterocycles. The molecule has 5 heteroatoms. The third-order valence-electron chi connectivity index (χ3n) is 3.01. The Morgan fingerprint density at radius 2 is 1.94 bits per heavy atom. The van der Waals surface area contributed by atoms with Crippen molar-refractivity contribution in [3.63, 3.8) is 0 Å². The third-order valence-corrected chi connectivity index (χ3v) is 5.18. The minimum atomic E-state index is -3.40. The summed E-state index contributed by atoms with van der Waals surface area (Å²) in [6, 6.07) is 5.51. The van der Waals surface area contributed by atoms with Crippen LogP contribution in [0.25, 0.3) is 0 Å².